The summed E-state index contributed by atoms with van der Waals surface area (Å²) in [4.78, 5) is 14.2. The lowest BCUT2D eigenvalue weighted by molar-refractivity contribution is 0.00770. The van der Waals surface area contributed by atoms with Gasteiger partial charge < -0.3 is 20.1 Å². The smallest absolute Gasteiger partial charge is 0.410 e. The van der Waals surface area contributed by atoms with E-state index < -0.39 is 5.60 Å². The van der Waals surface area contributed by atoms with E-state index in [1.54, 1.807) is 0 Å². The molecule has 1 aliphatic rings. The van der Waals surface area contributed by atoms with Gasteiger partial charge in [-0.25, -0.2) is 4.79 Å². The van der Waals surface area contributed by atoms with Crippen LogP contribution in [-0.4, -0.2) is 53.0 Å². The van der Waals surface area contributed by atoms with Crippen molar-refractivity contribution in [1.29, 1.82) is 0 Å². The molecule has 1 rings (SSSR count). The highest BCUT2D eigenvalue weighted by Gasteiger charge is 2.31. The zero-order valence-corrected chi connectivity index (χ0v) is 14.2. The minimum absolute atomic E-state index is 0.0820. The molecule has 0 aromatic heterocycles. The Morgan fingerprint density at radius 2 is 2.00 bits per heavy atom. The van der Waals surface area contributed by atoms with E-state index in [0.717, 1.165) is 32.2 Å². The molecule has 1 fully saturated rings. The average molecular weight is 300 g/mol. The number of likely N-dealkylation sites (tertiary alicyclic amines) is 1. The number of aliphatic hydroxyl groups excluding tert-OH is 1. The van der Waals surface area contributed by atoms with Gasteiger partial charge >= 0.3 is 6.09 Å². The largest absolute Gasteiger partial charge is 0.444 e. The molecule has 5 heteroatoms. The number of hydrogen-bond acceptors (Lipinski definition) is 4. The van der Waals surface area contributed by atoms with Crippen molar-refractivity contribution in [3.05, 3.63) is 0 Å². The van der Waals surface area contributed by atoms with Crippen molar-refractivity contribution in [2.24, 2.45) is 0 Å². The van der Waals surface area contributed by atoms with Crippen molar-refractivity contribution in [1.82, 2.24) is 10.2 Å². The number of carbonyl (C=O) groups is 1. The van der Waals surface area contributed by atoms with E-state index in [4.69, 9.17) is 9.84 Å². The van der Waals surface area contributed by atoms with Crippen molar-refractivity contribution < 1.29 is 14.6 Å². The first-order chi connectivity index (χ1) is 9.73. The molecule has 2 unspecified atom stereocenters. The highest BCUT2D eigenvalue weighted by molar-refractivity contribution is 5.68. The van der Waals surface area contributed by atoms with Crippen molar-refractivity contribution >= 4 is 6.09 Å². The zero-order valence-electron chi connectivity index (χ0n) is 14.2. The standard InChI is InChI=1S/C16H32N2O3/c1-12(17-13(2)11-19)10-14-8-6-7-9-18(14)15(20)21-16(3,4)5/h12-14,17,19H,6-11H2,1-5H3/t12?,13-,14?/m1/s1. The van der Waals surface area contributed by atoms with Crippen LogP contribution >= 0.6 is 0 Å². The Hall–Kier alpha value is -0.810. The lowest BCUT2D eigenvalue weighted by Crippen LogP contribution is -2.49. The molecule has 0 saturated carbocycles. The third-order valence-electron chi connectivity index (χ3n) is 3.72. The Kier molecular flexibility index (Phi) is 6.94. The van der Waals surface area contributed by atoms with E-state index in [0.29, 0.717) is 0 Å². The van der Waals surface area contributed by atoms with Gasteiger partial charge in [0.2, 0.25) is 0 Å². The number of ether oxygens (including phenoxy) is 1. The third kappa shape index (κ3) is 6.66. The quantitative estimate of drug-likeness (QED) is 0.819. The first kappa shape index (κ1) is 18.2. The van der Waals surface area contributed by atoms with E-state index in [1.165, 1.54) is 0 Å². The number of rotatable bonds is 5. The number of carbonyl (C=O) groups excluding carboxylic acids is 1. The number of nitrogens with zero attached hydrogens (tertiary/aromatic N) is 1. The summed E-state index contributed by atoms with van der Waals surface area (Å²) in [6.07, 6.45) is 3.92. The normalized spacial score (nSPS) is 22.8. The molecule has 124 valence electrons. The van der Waals surface area contributed by atoms with Crippen LogP contribution in [0, 0.1) is 0 Å². The minimum atomic E-state index is -0.450. The second-order valence-corrected chi connectivity index (χ2v) is 7.21. The van der Waals surface area contributed by atoms with E-state index in [9.17, 15) is 4.79 Å². The van der Waals surface area contributed by atoms with E-state index in [2.05, 4.69) is 12.2 Å². The number of amides is 1. The molecule has 1 amide bonds. The third-order valence-corrected chi connectivity index (χ3v) is 3.72. The molecule has 2 N–H and O–H groups in total. The van der Waals surface area contributed by atoms with Crippen molar-refractivity contribution in [3.63, 3.8) is 0 Å². The second kappa shape index (κ2) is 7.99. The molecule has 1 heterocycles. The average Bonchev–Trinajstić information content (AvgIpc) is 2.36. The predicted octanol–water partition coefficient (Wildman–Crippen LogP) is 2.53. The van der Waals surface area contributed by atoms with Gasteiger partial charge in [0.25, 0.3) is 0 Å². The molecule has 0 bridgehead atoms. The van der Waals surface area contributed by atoms with Crippen molar-refractivity contribution in [3.8, 4) is 0 Å². The summed E-state index contributed by atoms with van der Waals surface area (Å²) in [5.74, 6) is 0. The highest BCUT2D eigenvalue weighted by atomic mass is 16.6. The molecular weight excluding hydrogens is 268 g/mol. The summed E-state index contributed by atoms with van der Waals surface area (Å²) in [6.45, 7) is 10.7. The monoisotopic (exact) mass is 300 g/mol. The van der Waals surface area contributed by atoms with Crippen LogP contribution in [0.1, 0.15) is 60.3 Å². The molecule has 21 heavy (non-hydrogen) atoms. The first-order valence-corrected chi connectivity index (χ1v) is 8.09. The number of aliphatic hydroxyl groups is 1. The maximum Gasteiger partial charge on any atom is 0.410 e. The first-order valence-electron chi connectivity index (χ1n) is 8.09. The van der Waals surface area contributed by atoms with Crippen LogP contribution in [0.15, 0.2) is 0 Å². The Morgan fingerprint density at radius 1 is 1.33 bits per heavy atom. The van der Waals surface area contributed by atoms with E-state index in [-0.39, 0.29) is 30.8 Å². The molecule has 0 aromatic carbocycles. The highest BCUT2D eigenvalue weighted by Crippen LogP contribution is 2.23. The van der Waals surface area contributed by atoms with Gasteiger partial charge in [0.15, 0.2) is 0 Å². The summed E-state index contributed by atoms with van der Waals surface area (Å²) in [6, 6.07) is 0.570. The van der Waals surface area contributed by atoms with Gasteiger partial charge in [-0.15, -0.1) is 0 Å². The molecular formula is C16H32N2O3. The molecule has 1 aliphatic heterocycles. The van der Waals surface area contributed by atoms with Gasteiger partial charge in [-0.3, -0.25) is 0 Å². The maximum atomic E-state index is 12.3. The molecule has 3 atom stereocenters. The van der Waals surface area contributed by atoms with Crippen molar-refractivity contribution in [2.75, 3.05) is 13.2 Å². The molecule has 0 radical (unpaired) electrons. The van der Waals surface area contributed by atoms with Gasteiger partial charge in [0.05, 0.1) is 6.61 Å². The molecule has 0 aromatic rings. The lowest BCUT2D eigenvalue weighted by Gasteiger charge is -2.38. The summed E-state index contributed by atoms with van der Waals surface area (Å²) in [7, 11) is 0. The van der Waals surface area contributed by atoms with E-state index in [1.807, 2.05) is 32.6 Å². The van der Waals surface area contributed by atoms with Crippen LogP contribution in [0.2, 0.25) is 0 Å². The number of nitrogens with one attached hydrogen (secondary N) is 1. The van der Waals surface area contributed by atoms with Gasteiger partial charge in [-0.1, -0.05) is 0 Å². The Labute approximate surface area is 129 Å². The molecule has 1 saturated heterocycles. The Bertz CT molecular complexity index is 328. The fraction of sp³-hybridized carbons (Fsp3) is 0.938. The van der Waals surface area contributed by atoms with Crippen LogP contribution in [-0.2, 0) is 4.74 Å². The topological polar surface area (TPSA) is 61.8 Å². The zero-order chi connectivity index (χ0) is 16.0. The summed E-state index contributed by atoms with van der Waals surface area (Å²) in [5, 5.41) is 12.5. The summed E-state index contributed by atoms with van der Waals surface area (Å²) < 4.78 is 5.52. The Balaban J connectivity index is 2.58. The van der Waals surface area contributed by atoms with Crippen LogP contribution in [0.5, 0.6) is 0 Å². The van der Waals surface area contributed by atoms with Crippen LogP contribution in [0.25, 0.3) is 0 Å². The van der Waals surface area contributed by atoms with Crippen LogP contribution in [0.4, 0.5) is 4.79 Å². The van der Waals surface area contributed by atoms with E-state index >= 15 is 0 Å². The SMILES string of the molecule is CC(CC1CCCCN1C(=O)OC(C)(C)C)N[C@H](C)CO. The Morgan fingerprint density at radius 3 is 2.57 bits per heavy atom. The summed E-state index contributed by atoms with van der Waals surface area (Å²) in [5.41, 5.74) is -0.450. The van der Waals surface area contributed by atoms with Crippen LogP contribution in [0.3, 0.4) is 0 Å². The van der Waals surface area contributed by atoms with Crippen LogP contribution < -0.4 is 5.32 Å². The van der Waals surface area contributed by atoms with Gasteiger partial charge in [0, 0.05) is 24.7 Å². The summed E-state index contributed by atoms with van der Waals surface area (Å²) >= 11 is 0. The molecule has 0 aliphatic carbocycles. The second-order valence-electron chi connectivity index (χ2n) is 7.21. The van der Waals surface area contributed by atoms with Crippen molar-refractivity contribution in [2.45, 2.75) is 84.0 Å². The maximum absolute atomic E-state index is 12.3. The van der Waals surface area contributed by atoms with Gasteiger partial charge in [0.1, 0.15) is 5.60 Å². The predicted molar refractivity (Wildman–Crippen MR) is 84.3 cm³/mol. The molecule has 0 spiro atoms. The fourth-order valence-corrected chi connectivity index (χ4v) is 2.82. The molecule has 5 nitrogen and oxygen atoms in total. The number of hydrogen-bond donors (Lipinski definition) is 2. The van der Waals surface area contributed by atoms with Gasteiger partial charge in [-0.2, -0.15) is 0 Å². The lowest BCUT2D eigenvalue weighted by atomic mass is 9.96. The number of piperidine rings is 1. The minimum Gasteiger partial charge on any atom is -0.444 e. The fourth-order valence-electron chi connectivity index (χ4n) is 2.82. The van der Waals surface area contributed by atoms with Gasteiger partial charge in [-0.05, 0) is 60.3 Å².